The molecule has 1 saturated heterocycles. The van der Waals surface area contributed by atoms with E-state index in [1.807, 2.05) is 109 Å². The van der Waals surface area contributed by atoms with Crippen LogP contribution >= 0.6 is 0 Å². The fourth-order valence-electron chi connectivity index (χ4n) is 3.87. The predicted octanol–water partition coefficient (Wildman–Crippen LogP) is 5.39. The number of rotatable bonds is 4. The van der Waals surface area contributed by atoms with E-state index in [1.54, 1.807) is 12.1 Å². The van der Waals surface area contributed by atoms with Crippen LogP contribution in [0.3, 0.4) is 0 Å². The van der Waals surface area contributed by atoms with E-state index in [0.717, 1.165) is 5.56 Å². The smallest absolute Gasteiger partial charge is 0.267 e. The van der Waals surface area contributed by atoms with Gasteiger partial charge in [-0.1, -0.05) is 84.9 Å². The van der Waals surface area contributed by atoms with Crippen LogP contribution in [0.4, 0.5) is 16.2 Å². The molecule has 0 aromatic heterocycles. The lowest BCUT2D eigenvalue weighted by Crippen LogP contribution is -2.68. The molecule has 4 aromatic carbocycles. The van der Waals surface area contributed by atoms with Gasteiger partial charge in [0, 0.05) is 5.56 Å². The average molecular weight is 434 g/mol. The van der Waals surface area contributed by atoms with Crippen LogP contribution in [0.1, 0.15) is 22.1 Å². The second kappa shape index (κ2) is 8.98. The zero-order valence-corrected chi connectivity index (χ0v) is 17.8. The first-order valence-corrected chi connectivity index (χ1v) is 10.7. The number of hydrogen-bond donors (Lipinski definition) is 1. The summed E-state index contributed by atoms with van der Waals surface area (Å²) in [6.45, 7) is 0. The summed E-state index contributed by atoms with van der Waals surface area (Å²) in [5.74, 6) is -0.290. The molecule has 162 valence electrons. The number of benzene rings is 4. The third-order valence-corrected chi connectivity index (χ3v) is 5.44. The highest BCUT2D eigenvalue weighted by molar-refractivity contribution is 6.07. The summed E-state index contributed by atoms with van der Waals surface area (Å²) in [7, 11) is 0. The minimum Gasteiger partial charge on any atom is -0.267 e. The third-order valence-electron chi connectivity index (χ3n) is 5.44. The van der Waals surface area contributed by atoms with Crippen molar-refractivity contribution in [1.82, 2.24) is 10.4 Å². The molecule has 0 radical (unpaired) electrons. The van der Waals surface area contributed by atoms with Gasteiger partial charge in [0.15, 0.2) is 0 Å². The van der Waals surface area contributed by atoms with E-state index < -0.39 is 6.17 Å². The van der Waals surface area contributed by atoms with Gasteiger partial charge >= 0.3 is 6.03 Å². The largest absolute Gasteiger partial charge is 0.362 e. The Morgan fingerprint density at radius 3 is 1.70 bits per heavy atom. The molecule has 1 fully saturated rings. The van der Waals surface area contributed by atoms with Gasteiger partial charge in [0.2, 0.25) is 0 Å². The second-order valence-electron chi connectivity index (χ2n) is 7.56. The fourth-order valence-corrected chi connectivity index (χ4v) is 3.87. The normalized spacial score (nSPS) is 16.1. The summed E-state index contributed by atoms with van der Waals surface area (Å²) in [5.41, 5.74) is 5.88. The Balaban J connectivity index is 1.68. The summed E-state index contributed by atoms with van der Waals surface area (Å²) in [5, 5.41) is 4.41. The van der Waals surface area contributed by atoms with Crippen LogP contribution in [0.2, 0.25) is 0 Å². The Morgan fingerprint density at radius 2 is 1.12 bits per heavy atom. The average Bonchev–Trinajstić information content (AvgIpc) is 2.90. The molecule has 6 heteroatoms. The van der Waals surface area contributed by atoms with E-state index in [9.17, 15) is 9.59 Å². The first kappa shape index (κ1) is 20.5. The molecule has 0 spiro atoms. The van der Waals surface area contributed by atoms with E-state index in [-0.39, 0.29) is 11.9 Å². The maximum atomic E-state index is 13.8. The molecule has 0 aliphatic carbocycles. The van der Waals surface area contributed by atoms with Crippen molar-refractivity contribution in [1.29, 1.82) is 0 Å². The number of hydrogen-bond acceptors (Lipinski definition) is 3. The summed E-state index contributed by atoms with van der Waals surface area (Å²) in [6.07, 6.45) is -0.628. The lowest BCUT2D eigenvalue weighted by Gasteiger charge is -2.48. The number of para-hydroxylation sites is 2. The second-order valence-corrected chi connectivity index (χ2v) is 7.56. The number of carbonyl (C=O) groups excluding carboxylic acids is 2. The quantitative estimate of drug-likeness (QED) is 0.468. The molecular formula is C27H22N4O2. The molecule has 1 N–H and O–H groups in total. The van der Waals surface area contributed by atoms with Gasteiger partial charge in [-0.3, -0.25) is 4.79 Å². The van der Waals surface area contributed by atoms with Gasteiger partial charge in [-0.2, -0.15) is 10.4 Å². The Kier molecular flexibility index (Phi) is 5.57. The Morgan fingerprint density at radius 1 is 0.636 bits per heavy atom. The van der Waals surface area contributed by atoms with Gasteiger partial charge in [0.1, 0.15) is 6.17 Å². The Bertz CT molecular complexity index is 1230. The summed E-state index contributed by atoms with van der Waals surface area (Å²) in [4.78, 5) is 27.7. The van der Waals surface area contributed by atoms with Crippen LogP contribution in [0.5, 0.6) is 0 Å². The minimum atomic E-state index is -0.628. The molecule has 5 rings (SSSR count). The van der Waals surface area contributed by atoms with Crippen molar-refractivity contribution in [2.75, 3.05) is 10.0 Å². The van der Waals surface area contributed by atoms with Gasteiger partial charge in [0.05, 0.1) is 11.4 Å². The summed E-state index contributed by atoms with van der Waals surface area (Å²) < 4.78 is 0. The number of urea groups is 1. The first-order chi connectivity index (χ1) is 16.2. The van der Waals surface area contributed by atoms with Crippen LogP contribution in [-0.4, -0.2) is 16.9 Å². The van der Waals surface area contributed by atoms with Crippen LogP contribution in [0.15, 0.2) is 121 Å². The standard InChI is InChI=1S/C27H22N4O2/c32-26(22-15-7-2-8-16-22)31-25(21-13-5-1-6-14-21)28-29(23-17-9-3-10-18-23)27(33)30(31)24-19-11-4-12-20-24/h1-20,25,28H. The van der Waals surface area contributed by atoms with Crippen molar-refractivity contribution < 1.29 is 9.59 Å². The zero-order chi connectivity index (χ0) is 22.6. The van der Waals surface area contributed by atoms with Gasteiger partial charge in [-0.05, 0) is 42.0 Å². The molecule has 0 bridgehead atoms. The van der Waals surface area contributed by atoms with Gasteiger partial charge in [-0.15, -0.1) is 0 Å². The minimum absolute atomic E-state index is 0.290. The predicted molar refractivity (Wildman–Crippen MR) is 128 cm³/mol. The van der Waals surface area contributed by atoms with Gasteiger partial charge in [-0.25, -0.2) is 14.8 Å². The van der Waals surface area contributed by atoms with Crippen molar-refractivity contribution in [3.8, 4) is 0 Å². The summed E-state index contributed by atoms with van der Waals surface area (Å²) in [6, 6.07) is 36.8. The molecule has 1 atom stereocenters. The molecular weight excluding hydrogens is 412 g/mol. The molecule has 3 amide bonds. The van der Waals surface area contributed by atoms with Crippen molar-refractivity contribution in [2.45, 2.75) is 6.17 Å². The van der Waals surface area contributed by atoms with Crippen molar-refractivity contribution in [3.05, 3.63) is 132 Å². The van der Waals surface area contributed by atoms with Gasteiger partial charge < -0.3 is 0 Å². The zero-order valence-electron chi connectivity index (χ0n) is 17.8. The SMILES string of the molecule is O=C1N(c2ccccc2)NC(c2ccccc2)N(C(=O)c2ccccc2)N1c1ccccc1. The number of amides is 3. The van der Waals surface area contributed by atoms with Crippen molar-refractivity contribution in [2.24, 2.45) is 0 Å². The van der Waals surface area contributed by atoms with E-state index in [4.69, 9.17) is 0 Å². The number of hydrazine groups is 2. The lowest BCUT2D eigenvalue weighted by molar-refractivity contribution is 0.0578. The summed E-state index contributed by atoms with van der Waals surface area (Å²) >= 11 is 0. The molecule has 6 nitrogen and oxygen atoms in total. The number of carbonyl (C=O) groups is 2. The monoisotopic (exact) mass is 434 g/mol. The highest BCUT2D eigenvalue weighted by Gasteiger charge is 2.43. The number of nitrogens with zero attached hydrogens (tertiary/aromatic N) is 3. The van der Waals surface area contributed by atoms with Gasteiger partial charge in [0.25, 0.3) is 5.91 Å². The molecule has 33 heavy (non-hydrogen) atoms. The van der Waals surface area contributed by atoms with Crippen molar-refractivity contribution in [3.63, 3.8) is 0 Å². The molecule has 1 aliphatic heterocycles. The maximum absolute atomic E-state index is 13.8. The highest BCUT2D eigenvalue weighted by Crippen LogP contribution is 2.33. The molecule has 1 unspecified atom stereocenters. The number of nitrogens with one attached hydrogen (secondary N) is 1. The van der Waals surface area contributed by atoms with E-state index in [2.05, 4.69) is 5.43 Å². The molecule has 0 saturated carbocycles. The van der Waals surface area contributed by atoms with E-state index in [1.165, 1.54) is 15.0 Å². The van der Waals surface area contributed by atoms with Crippen LogP contribution in [-0.2, 0) is 0 Å². The number of anilines is 2. The maximum Gasteiger partial charge on any atom is 0.362 e. The third kappa shape index (κ3) is 3.95. The molecule has 1 aliphatic rings. The molecule has 1 heterocycles. The molecule has 4 aromatic rings. The Labute approximate surface area is 192 Å². The van der Waals surface area contributed by atoms with E-state index >= 15 is 0 Å². The van der Waals surface area contributed by atoms with Crippen LogP contribution < -0.4 is 15.4 Å². The van der Waals surface area contributed by atoms with Crippen molar-refractivity contribution >= 4 is 23.3 Å². The lowest BCUT2D eigenvalue weighted by atomic mass is 10.1. The topological polar surface area (TPSA) is 55.9 Å². The first-order valence-electron chi connectivity index (χ1n) is 10.7. The van der Waals surface area contributed by atoms with E-state index in [0.29, 0.717) is 16.9 Å². The van der Waals surface area contributed by atoms with Crippen LogP contribution in [0, 0.1) is 0 Å². The fraction of sp³-hybridized carbons (Fsp3) is 0.0370. The Hall–Kier alpha value is -4.42. The highest BCUT2D eigenvalue weighted by atomic mass is 16.2. The van der Waals surface area contributed by atoms with Crippen LogP contribution in [0.25, 0.3) is 0 Å².